The van der Waals surface area contributed by atoms with Crippen molar-refractivity contribution >= 4 is 11.6 Å². The fraction of sp³-hybridized carbons (Fsp3) is 0.480. The summed E-state index contributed by atoms with van der Waals surface area (Å²) in [5.74, 6) is 1.73. The van der Waals surface area contributed by atoms with Crippen LogP contribution in [0.5, 0.6) is 11.5 Å². The zero-order chi connectivity index (χ0) is 21.6. The van der Waals surface area contributed by atoms with Gasteiger partial charge in [0.15, 0.2) is 11.5 Å². The number of hydrogen-bond acceptors (Lipinski definition) is 5. The molecular weight excluding hydrogens is 390 g/mol. The Bertz CT molecular complexity index is 870. The van der Waals surface area contributed by atoms with E-state index in [0.717, 1.165) is 49.5 Å². The topological polar surface area (TPSA) is 68.0 Å². The number of carbonyl (C=O) groups excluding carboxylic acids is 1. The van der Waals surface area contributed by atoms with Gasteiger partial charge in [-0.2, -0.15) is 0 Å². The number of benzene rings is 2. The van der Waals surface area contributed by atoms with Gasteiger partial charge >= 0.3 is 0 Å². The maximum absolute atomic E-state index is 12.7. The van der Waals surface area contributed by atoms with Crippen molar-refractivity contribution in [3.8, 4) is 11.5 Å². The first-order chi connectivity index (χ1) is 15.2. The molecule has 2 aromatic carbocycles. The van der Waals surface area contributed by atoms with E-state index in [1.54, 1.807) is 7.11 Å². The summed E-state index contributed by atoms with van der Waals surface area (Å²) in [4.78, 5) is 17.1. The molecule has 4 rings (SSSR count). The molecule has 6 heteroatoms. The molecule has 1 aliphatic carbocycles. The maximum atomic E-state index is 12.7. The number of nitrogens with two attached hydrogens (primary N) is 1. The Balaban J connectivity index is 1.53. The van der Waals surface area contributed by atoms with Crippen molar-refractivity contribution in [3.05, 3.63) is 54.1 Å². The number of methoxy groups -OCH3 is 1. The summed E-state index contributed by atoms with van der Waals surface area (Å²) in [6.45, 7) is 2.65. The minimum absolute atomic E-state index is 0.105. The number of hydrogen-bond donors (Lipinski definition) is 1. The summed E-state index contributed by atoms with van der Waals surface area (Å²) < 4.78 is 11.7. The van der Waals surface area contributed by atoms with Crippen LogP contribution < -0.4 is 20.1 Å². The first-order valence-electron chi connectivity index (χ1n) is 11.3. The van der Waals surface area contributed by atoms with Crippen LogP contribution in [-0.4, -0.2) is 56.2 Å². The number of ether oxygens (including phenoxy) is 2. The van der Waals surface area contributed by atoms with Crippen LogP contribution in [0.2, 0.25) is 0 Å². The van der Waals surface area contributed by atoms with E-state index in [1.165, 1.54) is 12.0 Å². The van der Waals surface area contributed by atoms with Gasteiger partial charge in [-0.1, -0.05) is 30.3 Å². The lowest BCUT2D eigenvalue weighted by molar-refractivity contribution is -0.133. The van der Waals surface area contributed by atoms with Gasteiger partial charge in [0.25, 0.3) is 0 Å². The highest BCUT2D eigenvalue weighted by Crippen LogP contribution is 2.36. The summed E-state index contributed by atoms with van der Waals surface area (Å²) in [5, 5.41) is 0. The highest BCUT2D eigenvalue weighted by Gasteiger charge is 2.31. The lowest BCUT2D eigenvalue weighted by atomic mass is 9.96. The fourth-order valence-electron chi connectivity index (χ4n) is 4.37. The normalized spacial score (nSPS) is 19.1. The van der Waals surface area contributed by atoms with Crippen LogP contribution in [0.3, 0.4) is 0 Å². The number of nitrogens with zero attached hydrogens (tertiary/aromatic N) is 2. The van der Waals surface area contributed by atoms with Gasteiger partial charge in [-0.3, -0.25) is 4.79 Å². The molecule has 2 N–H and O–H groups in total. The van der Waals surface area contributed by atoms with Gasteiger partial charge in [0, 0.05) is 44.4 Å². The summed E-state index contributed by atoms with van der Waals surface area (Å²) in [6.07, 6.45) is 4.96. The number of amides is 1. The third kappa shape index (κ3) is 5.13. The molecule has 1 amide bonds. The quantitative estimate of drug-likeness (QED) is 0.706. The molecule has 31 heavy (non-hydrogen) atoms. The number of carbonyl (C=O) groups is 1. The molecule has 0 spiro atoms. The molecule has 0 aromatic heterocycles. The highest BCUT2D eigenvalue weighted by molar-refractivity contribution is 5.77. The van der Waals surface area contributed by atoms with Crippen LogP contribution in [0.4, 0.5) is 5.69 Å². The van der Waals surface area contributed by atoms with E-state index >= 15 is 0 Å². The Morgan fingerprint density at radius 1 is 1.10 bits per heavy atom. The van der Waals surface area contributed by atoms with Crippen LogP contribution in [0, 0.1) is 0 Å². The SMILES string of the molecule is COc1ccc(N2CCN(C(=O)CCN)C(Cc3ccccc3)C2)cc1OC1CCC1. The third-order valence-electron chi connectivity index (χ3n) is 6.33. The maximum Gasteiger partial charge on any atom is 0.224 e. The second-order valence-electron chi connectivity index (χ2n) is 8.42. The van der Waals surface area contributed by atoms with E-state index in [4.69, 9.17) is 15.2 Å². The molecule has 166 valence electrons. The molecule has 1 unspecified atom stereocenters. The summed E-state index contributed by atoms with van der Waals surface area (Å²) in [6, 6.07) is 16.7. The van der Waals surface area contributed by atoms with E-state index in [0.29, 0.717) is 25.6 Å². The van der Waals surface area contributed by atoms with Crippen molar-refractivity contribution in [2.24, 2.45) is 5.73 Å². The van der Waals surface area contributed by atoms with E-state index in [1.807, 2.05) is 17.0 Å². The van der Waals surface area contributed by atoms with Crippen LogP contribution in [0.1, 0.15) is 31.2 Å². The van der Waals surface area contributed by atoms with Crippen LogP contribution in [-0.2, 0) is 11.2 Å². The highest BCUT2D eigenvalue weighted by atomic mass is 16.5. The van der Waals surface area contributed by atoms with E-state index in [-0.39, 0.29) is 11.9 Å². The van der Waals surface area contributed by atoms with Gasteiger partial charge in [-0.25, -0.2) is 0 Å². The second-order valence-corrected chi connectivity index (χ2v) is 8.42. The van der Waals surface area contributed by atoms with Gasteiger partial charge in [0.2, 0.25) is 5.91 Å². The molecule has 6 nitrogen and oxygen atoms in total. The summed E-state index contributed by atoms with van der Waals surface area (Å²) in [5.41, 5.74) is 8.02. The zero-order valence-corrected chi connectivity index (χ0v) is 18.3. The molecule has 1 saturated heterocycles. The van der Waals surface area contributed by atoms with Crippen molar-refractivity contribution in [2.45, 2.75) is 44.2 Å². The molecular formula is C25H33N3O3. The third-order valence-corrected chi connectivity index (χ3v) is 6.33. The second kappa shape index (κ2) is 10.1. The summed E-state index contributed by atoms with van der Waals surface area (Å²) in [7, 11) is 1.68. The van der Waals surface area contributed by atoms with Crippen molar-refractivity contribution in [3.63, 3.8) is 0 Å². The van der Waals surface area contributed by atoms with Crippen molar-refractivity contribution in [2.75, 3.05) is 38.2 Å². The molecule has 0 bridgehead atoms. The van der Waals surface area contributed by atoms with Gasteiger partial charge < -0.3 is 25.0 Å². The van der Waals surface area contributed by atoms with E-state index in [2.05, 4.69) is 41.3 Å². The molecule has 0 radical (unpaired) electrons. The predicted octanol–water partition coefficient (Wildman–Crippen LogP) is 3.24. The molecule has 2 fully saturated rings. The molecule has 1 aliphatic heterocycles. The average molecular weight is 424 g/mol. The standard InChI is InChI=1S/C25H33N3O3/c1-30-23-11-10-20(17-24(23)31-22-8-5-9-22)27-14-15-28(25(29)12-13-26)21(18-27)16-19-6-3-2-4-7-19/h2-4,6-7,10-11,17,21-22H,5,8-9,12-16,18,26H2,1H3. The lowest BCUT2D eigenvalue weighted by Crippen LogP contribution is -2.56. The van der Waals surface area contributed by atoms with Gasteiger partial charge in [0.1, 0.15) is 0 Å². The van der Waals surface area contributed by atoms with Crippen LogP contribution >= 0.6 is 0 Å². The number of piperazine rings is 1. The minimum Gasteiger partial charge on any atom is -0.493 e. The predicted molar refractivity (Wildman–Crippen MR) is 123 cm³/mol. The minimum atomic E-state index is 0.105. The Hall–Kier alpha value is -2.73. The zero-order valence-electron chi connectivity index (χ0n) is 18.3. The number of anilines is 1. The molecule has 2 aliphatic rings. The van der Waals surface area contributed by atoms with Crippen molar-refractivity contribution < 1.29 is 14.3 Å². The number of rotatable bonds is 8. The van der Waals surface area contributed by atoms with E-state index in [9.17, 15) is 4.79 Å². The molecule has 1 saturated carbocycles. The Kier molecular flexibility index (Phi) is 6.97. The molecule has 1 heterocycles. The molecule has 2 aromatic rings. The largest absolute Gasteiger partial charge is 0.493 e. The monoisotopic (exact) mass is 423 g/mol. The van der Waals surface area contributed by atoms with Gasteiger partial charge in [-0.05, 0) is 43.4 Å². The smallest absolute Gasteiger partial charge is 0.224 e. The van der Waals surface area contributed by atoms with Crippen LogP contribution in [0.15, 0.2) is 48.5 Å². The lowest BCUT2D eigenvalue weighted by Gasteiger charge is -2.43. The van der Waals surface area contributed by atoms with Crippen molar-refractivity contribution in [1.82, 2.24) is 4.90 Å². The summed E-state index contributed by atoms with van der Waals surface area (Å²) >= 11 is 0. The average Bonchev–Trinajstić information content (AvgIpc) is 2.77. The Morgan fingerprint density at radius 3 is 2.58 bits per heavy atom. The van der Waals surface area contributed by atoms with Crippen molar-refractivity contribution in [1.29, 1.82) is 0 Å². The Morgan fingerprint density at radius 2 is 1.90 bits per heavy atom. The first-order valence-corrected chi connectivity index (χ1v) is 11.3. The van der Waals surface area contributed by atoms with Gasteiger partial charge in [-0.15, -0.1) is 0 Å². The molecule has 1 atom stereocenters. The van der Waals surface area contributed by atoms with Crippen LogP contribution in [0.25, 0.3) is 0 Å². The van der Waals surface area contributed by atoms with E-state index < -0.39 is 0 Å². The van der Waals surface area contributed by atoms with Gasteiger partial charge in [0.05, 0.1) is 19.3 Å². The first kappa shape index (κ1) is 21.5. The Labute approximate surface area is 184 Å². The fourth-order valence-corrected chi connectivity index (χ4v) is 4.37.